The number of likely N-dealkylation sites (tertiary alicyclic amines) is 1. The SMILES string of the molecule is CCN1CCC(NC(=O)c2ccc3ncoc3c2)CC1. The Morgan fingerprint density at radius 1 is 1.45 bits per heavy atom. The fourth-order valence-electron chi connectivity index (χ4n) is 2.66. The predicted octanol–water partition coefficient (Wildman–Crippen LogP) is 2.04. The number of hydrogen-bond donors (Lipinski definition) is 1. The minimum atomic E-state index is -0.0294. The molecular formula is C15H19N3O2. The molecule has 1 aliphatic rings. The van der Waals surface area contributed by atoms with E-state index in [0.29, 0.717) is 11.1 Å². The van der Waals surface area contributed by atoms with Gasteiger partial charge in [-0.05, 0) is 37.6 Å². The summed E-state index contributed by atoms with van der Waals surface area (Å²) >= 11 is 0. The van der Waals surface area contributed by atoms with Crippen molar-refractivity contribution in [2.24, 2.45) is 0 Å². The average molecular weight is 273 g/mol. The van der Waals surface area contributed by atoms with Crippen LogP contribution >= 0.6 is 0 Å². The summed E-state index contributed by atoms with van der Waals surface area (Å²) in [6.07, 6.45) is 3.43. The number of rotatable bonds is 3. The molecule has 20 heavy (non-hydrogen) atoms. The summed E-state index contributed by atoms with van der Waals surface area (Å²) in [6.45, 7) is 5.37. The number of hydrogen-bond acceptors (Lipinski definition) is 4. The number of carbonyl (C=O) groups is 1. The van der Waals surface area contributed by atoms with Crippen molar-refractivity contribution in [3.05, 3.63) is 30.2 Å². The quantitative estimate of drug-likeness (QED) is 0.929. The topological polar surface area (TPSA) is 58.4 Å². The predicted molar refractivity (Wildman–Crippen MR) is 76.6 cm³/mol. The lowest BCUT2D eigenvalue weighted by molar-refractivity contribution is 0.0912. The van der Waals surface area contributed by atoms with Crippen molar-refractivity contribution in [2.75, 3.05) is 19.6 Å². The second-order valence-electron chi connectivity index (χ2n) is 5.22. The molecule has 0 bridgehead atoms. The third-order valence-electron chi connectivity index (χ3n) is 3.96. The molecule has 0 spiro atoms. The molecule has 0 radical (unpaired) electrons. The van der Waals surface area contributed by atoms with E-state index in [1.54, 1.807) is 12.1 Å². The van der Waals surface area contributed by atoms with E-state index in [9.17, 15) is 4.79 Å². The number of amides is 1. The van der Waals surface area contributed by atoms with Crippen LogP contribution in [0.4, 0.5) is 0 Å². The third kappa shape index (κ3) is 2.67. The standard InChI is InChI=1S/C15H19N3O2/c1-2-18-7-5-12(6-8-18)17-15(19)11-3-4-13-14(9-11)20-10-16-13/h3-4,9-10,12H,2,5-8H2,1H3,(H,17,19). The Balaban J connectivity index is 1.64. The molecule has 106 valence electrons. The van der Waals surface area contributed by atoms with E-state index in [4.69, 9.17) is 4.42 Å². The van der Waals surface area contributed by atoms with E-state index >= 15 is 0 Å². The van der Waals surface area contributed by atoms with Gasteiger partial charge in [0.05, 0.1) is 0 Å². The van der Waals surface area contributed by atoms with Gasteiger partial charge < -0.3 is 14.6 Å². The maximum Gasteiger partial charge on any atom is 0.251 e. The molecule has 0 aliphatic carbocycles. The van der Waals surface area contributed by atoms with Crippen molar-refractivity contribution in [2.45, 2.75) is 25.8 Å². The zero-order valence-corrected chi connectivity index (χ0v) is 11.6. The highest BCUT2D eigenvalue weighted by Gasteiger charge is 2.20. The van der Waals surface area contributed by atoms with Crippen molar-refractivity contribution in [3.8, 4) is 0 Å². The van der Waals surface area contributed by atoms with Crippen LogP contribution < -0.4 is 5.32 Å². The summed E-state index contributed by atoms with van der Waals surface area (Å²) in [5.74, 6) is -0.0294. The van der Waals surface area contributed by atoms with Gasteiger partial charge >= 0.3 is 0 Å². The van der Waals surface area contributed by atoms with Gasteiger partial charge in [0.2, 0.25) is 0 Å². The lowest BCUT2D eigenvalue weighted by Crippen LogP contribution is -2.44. The number of piperidine rings is 1. The normalized spacial score (nSPS) is 17.4. The second kappa shape index (κ2) is 5.63. The fourth-order valence-corrected chi connectivity index (χ4v) is 2.66. The molecular weight excluding hydrogens is 254 g/mol. The molecule has 3 rings (SSSR count). The Hall–Kier alpha value is -1.88. The van der Waals surface area contributed by atoms with E-state index in [1.165, 1.54) is 6.39 Å². The second-order valence-corrected chi connectivity index (χ2v) is 5.22. The number of nitrogens with one attached hydrogen (secondary N) is 1. The van der Waals surface area contributed by atoms with Crippen LogP contribution in [0, 0.1) is 0 Å². The van der Waals surface area contributed by atoms with E-state index in [2.05, 4.69) is 22.1 Å². The number of benzene rings is 1. The molecule has 0 atom stereocenters. The van der Waals surface area contributed by atoms with Crippen LogP contribution in [0.5, 0.6) is 0 Å². The number of fused-ring (bicyclic) bond motifs is 1. The molecule has 2 heterocycles. The van der Waals surface area contributed by atoms with Gasteiger partial charge in [-0.25, -0.2) is 4.98 Å². The summed E-state index contributed by atoms with van der Waals surface area (Å²) < 4.78 is 5.23. The van der Waals surface area contributed by atoms with Crippen molar-refractivity contribution in [3.63, 3.8) is 0 Å². The van der Waals surface area contributed by atoms with Gasteiger partial charge in [-0.15, -0.1) is 0 Å². The molecule has 1 saturated heterocycles. The highest BCUT2D eigenvalue weighted by atomic mass is 16.3. The largest absolute Gasteiger partial charge is 0.443 e. The summed E-state index contributed by atoms with van der Waals surface area (Å²) in [7, 11) is 0. The first-order valence-corrected chi connectivity index (χ1v) is 7.12. The number of carbonyl (C=O) groups excluding carboxylic acids is 1. The smallest absolute Gasteiger partial charge is 0.251 e. The van der Waals surface area contributed by atoms with Crippen molar-refractivity contribution < 1.29 is 9.21 Å². The van der Waals surface area contributed by atoms with E-state index in [0.717, 1.165) is 38.0 Å². The molecule has 0 saturated carbocycles. The number of aromatic nitrogens is 1. The van der Waals surface area contributed by atoms with Crippen molar-refractivity contribution >= 4 is 17.0 Å². The minimum Gasteiger partial charge on any atom is -0.443 e. The van der Waals surface area contributed by atoms with Crippen LogP contribution in [0.2, 0.25) is 0 Å². The highest BCUT2D eigenvalue weighted by Crippen LogP contribution is 2.15. The molecule has 1 N–H and O–H groups in total. The van der Waals surface area contributed by atoms with Crippen molar-refractivity contribution in [1.29, 1.82) is 0 Å². The zero-order valence-electron chi connectivity index (χ0n) is 11.6. The Bertz CT molecular complexity index is 600. The van der Waals surface area contributed by atoms with Crippen LogP contribution in [-0.2, 0) is 0 Å². The van der Waals surface area contributed by atoms with Crippen LogP contribution in [0.1, 0.15) is 30.1 Å². The molecule has 1 amide bonds. The Morgan fingerprint density at radius 2 is 2.25 bits per heavy atom. The van der Waals surface area contributed by atoms with Crippen LogP contribution in [0.3, 0.4) is 0 Å². The summed E-state index contributed by atoms with van der Waals surface area (Å²) in [6, 6.07) is 5.63. The number of nitrogens with zero attached hydrogens (tertiary/aromatic N) is 2. The summed E-state index contributed by atoms with van der Waals surface area (Å²) in [5, 5.41) is 3.11. The van der Waals surface area contributed by atoms with Gasteiger partial charge in [0.25, 0.3) is 5.91 Å². The molecule has 5 nitrogen and oxygen atoms in total. The first kappa shape index (κ1) is 13.1. The molecule has 2 aromatic rings. The van der Waals surface area contributed by atoms with Gasteiger partial charge in [0.15, 0.2) is 12.0 Å². The molecule has 0 unspecified atom stereocenters. The Kier molecular flexibility index (Phi) is 3.69. The van der Waals surface area contributed by atoms with Gasteiger partial charge in [-0.2, -0.15) is 0 Å². The molecule has 1 fully saturated rings. The highest BCUT2D eigenvalue weighted by molar-refractivity contribution is 5.97. The van der Waals surface area contributed by atoms with E-state index < -0.39 is 0 Å². The van der Waals surface area contributed by atoms with Gasteiger partial charge in [-0.3, -0.25) is 4.79 Å². The molecule has 1 aliphatic heterocycles. The fraction of sp³-hybridized carbons (Fsp3) is 0.467. The number of oxazole rings is 1. The lowest BCUT2D eigenvalue weighted by atomic mass is 10.0. The van der Waals surface area contributed by atoms with Gasteiger partial charge in [0.1, 0.15) is 5.52 Å². The van der Waals surface area contributed by atoms with Crippen LogP contribution in [0.25, 0.3) is 11.1 Å². The average Bonchev–Trinajstić information content (AvgIpc) is 2.95. The van der Waals surface area contributed by atoms with Crippen LogP contribution in [-0.4, -0.2) is 41.5 Å². The molecule has 1 aromatic heterocycles. The molecule has 5 heteroatoms. The first-order valence-electron chi connectivity index (χ1n) is 7.12. The Morgan fingerprint density at radius 3 is 3.00 bits per heavy atom. The van der Waals surface area contributed by atoms with E-state index in [-0.39, 0.29) is 11.9 Å². The van der Waals surface area contributed by atoms with Crippen LogP contribution in [0.15, 0.2) is 29.0 Å². The monoisotopic (exact) mass is 273 g/mol. The third-order valence-corrected chi connectivity index (χ3v) is 3.96. The Labute approximate surface area is 118 Å². The van der Waals surface area contributed by atoms with Gasteiger partial charge in [0, 0.05) is 24.7 Å². The lowest BCUT2D eigenvalue weighted by Gasteiger charge is -2.31. The zero-order chi connectivity index (χ0) is 13.9. The maximum absolute atomic E-state index is 12.2. The van der Waals surface area contributed by atoms with E-state index in [1.807, 2.05) is 6.07 Å². The summed E-state index contributed by atoms with van der Waals surface area (Å²) in [5.41, 5.74) is 2.06. The molecule has 1 aromatic carbocycles. The van der Waals surface area contributed by atoms with Gasteiger partial charge in [-0.1, -0.05) is 6.92 Å². The first-order chi connectivity index (χ1) is 9.76. The van der Waals surface area contributed by atoms with Crippen molar-refractivity contribution in [1.82, 2.24) is 15.2 Å². The summed E-state index contributed by atoms with van der Waals surface area (Å²) in [4.78, 5) is 18.7. The minimum absolute atomic E-state index is 0.0294. The maximum atomic E-state index is 12.2.